The first kappa shape index (κ1) is 12.0. The van der Waals surface area contributed by atoms with Gasteiger partial charge in [-0.3, -0.25) is 4.57 Å². The molecule has 2 heterocycles. The molecule has 17 heavy (non-hydrogen) atoms. The maximum Gasteiger partial charge on any atom is 0.271 e. The van der Waals surface area contributed by atoms with Crippen LogP contribution in [0.25, 0.3) is 5.82 Å². The normalized spacial score (nSPS) is 12.9. The van der Waals surface area contributed by atoms with Crippen LogP contribution < -0.4 is 4.74 Å². The molecule has 1 unspecified atom stereocenters. The zero-order chi connectivity index (χ0) is 12.3. The summed E-state index contributed by atoms with van der Waals surface area (Å²) in [6, 6.07) is 0. The maximum atomic E-state index is 5.77. The van der Waals surface area contributed by atoms with E-state index in [1.54, 1.807) is 17.1 Å². The minimum absolute atomic E-state index is 0.0659. The van der Waals surface area contributed by atoms with Gasteiger partial charge in [-0.05, 0) is 21.0 Å². The zero-order valence-electron chi connectivity index (χ0n) is 10.1. The molecule has 0 aliphatic carbocycles. The summed E-state index contributed by atoms with van der Waals surface area (Å²) < 4.78 is 15.9. The van der Waals surface area contributed by atoms with Crippen molar-refractivity contribution in [2.24, 2.45) is 0 Å². The maximum absolute atomic E-state index is 5.77. The molecule has 6 nitrogen and oxygen atoms in total. The Hall–Kier alpha value is -1.47. The molecule has 0 aliphatic heterocycles. The van der Waals surface area contributed by atoms with Gasteiger partial charge in [0.2, 0.25) is 5.82 Å². The van der Waals surface area contributed by atoms with Crippen molar-refractivity contribution < 1.29 is 4.74 Å². The van der Waals surface area contributed by atoms with Crippen molar-refractivity contribution in [3.63, 3.8) is 0 Å². The summed E-state index contributed by atoms with van der Waals surface area (Å²) in [6.07, 6.45) is 5.27. The van der Waals surface area contributed by atoms with Crippen molar-refractivity contribution in [1.82, 2.24) is 23.2 Å². The second-order valence-corrected chi connectivity index (χ2v) is 4.58. The number of ether oxygens (including phenoxy) is 1. The van der Waals surface area contributed by atoms with Crippen molar-refractivity contribution >= 4 is 11.7 Å². The molecule has 2 aromatic heterocycles. The highest BCUT2D eigenvalue weighted by Crippen LogP contribution is 2.20. The molecule has 0 aliphatic rings. The van der Waals surface area contributed by atoms with Gasteiger partial charge in [-0.15, -0.1) is 4.37 Å². The van der Waals surface area contributed by atoms with Gasteiger partial charge in [0.1, 0.15) is 12.4 Å². The van der Waals surface area contributed by atoms with Crippen molar-refractivity contribution in [3.8, 4) is 11.7 Å². The molecular weight excluding hydrogens is 238 g/mol. The average Bonchev–Trinajstić information content (AvgIpc) is 2.84. The van der Waals surface area contributed by atoms with E-state index in [4.69, 9.17) is 4.74 Å². The number of imidazole rings is 1. The smallest absolute Gasteiger partial charge is 0.271 e. The Kier molecular flexibility index (Phi) is 3.70. The number of nitrogens with zero attached hydrogens (tertiary/aromatic N) is 5. The molecular formula is C10H15N5OS. The van der Waals surface area contributed by atoms with Gasteiger partial charge in [0, 0.05) is 18.9 Å². The molecule has 2 rings (SSSR count). The molecule has 92 valence electrons. The van der Waals surface area contributed by atoms with E-state index in [0.717, 1.165) is 18.3 Å². The van der Waals surface area contributed by atoms with Gasteiger partial charge in [0.25, 0.3) is 5.88 Å². The SMILES string of the molecule is CC(CN(C)C)Oc1nsnc1-n1ccnc1. The van der Waals surface area contributed by atoms with Crippen LogP contribution in [0.5, 0.6) is 5.88 Å². The third kappa shape index (κ3) is 3.01. The van der Waals surface area contributed by atoms with Crippen LogP contribution in [0, 0.1) is 0 Å². The summed E-state index contributed by atoms with van der Waals surface area (Å²) in [5.74, 6) is 1.25. The van der Waals surface area contributed by atoms with Gasteiger partial charge in [-0.2, -0.15) is 4.37 Å². The Bertz CT molecular complexity index is 453. The van der Waals surface area contributed by atoms with Gasteiger partial charge < -0.3 is 9.64 Å². The van der Waals surface area contributed by atoms with E-state index in [-0.39, 0.29) is 6.10 Å². The summed E-state index contributed by atoms with van der Waals surface area (Å²) >= 11 is 1.14. The summed E-state index contributed by atoms with van der Waals surface area (Å²) in [7, 11) is 4.02. The zero-order valence-corrected chi connectivity index (χ0v) is 10.9. The number of rotatable bonds is 5. The molecule has 1 atom stereocenters. The molecule has 2 aromatic rings. The number of hydrogen-bond acceptors (Lipinski definition) is 6. The molecule has 0 saturated carbocycles. The van der Waals surface area contributed by atoms with Gasteiger partial charge in [0.05, 0.1) is 11.7 Å². The number of aromatic nitrogens is 4. The highest BCUT2D eigenvalue weighted by molar-refractivity contribution is 6.99. The van der Waals surface area contributed by atoms with Crippen LogP contribution in [0.15, 0.2) is 18.7 Å². The lowest BCUT2D eigenvalue weighted by atomic mass is 10.4. The molecule has 0 N–H and O–H groups in total. The summed E-state index contributed by atoms with van der Waals surface area (Å²) in [5.41, 5.74) is 0. The third-order valence-electron chi connectivity index (χ3n) is 2.13. The minimum Gasteiger partial charge on any atom is -0.470 e. The van der Waals surface area contributed by atoms with E-state index in [0.29, 0.717) is 11.7 Å². The predicted molar refractivity (Wildman–Crippen MR) is 65.7 cm³/mol. The third-order valence-corrected chi connectivity index (χ3v) is 2.63. The van der Waals surface area contributed by atoms with E-state index >= 15 is 0 Å². The van der Waals surface area contributed by atoms with Gasteiger partial charge in [-0.25, -0.2) is 4.98 Å². The van der Waals surface area contributed by atoms with Crippen LogP contribution in [0.3, 0.4) is 0 Å². The largest absolute Gasteiger partial charge is 0.470 e. The quantitative estimate of drug-likeness (QED) is 0.797. The first-order chi connectivity index (χ1) is 8.16. The lowest BCUT2D eigenvalue weighted by Crippen LogP contribution is -2.28. The molecule has 0 amide bonds. The second-order valence-electron chi connectivity index (χ2n) is 4.05. The van der Waals surface area contributed by atoms with Crippen LogP contribution in [0.2, 0.25) is 0 Å². The van der Waals surface area contributed by atoms with E-state index in [1.165, 1.54) is 0 Å². The Morgan fingerprint density at radius 1 is 1.47 bits per heavy atom. The first-order valence-corrected chi connectivity index (χ1v) is 6.02. The van der Waals surface area contributed by atoms with Crippen LogP contribution in [0.4, 0.5) is 0 Å². The highest BCUT2D eigenvalue weighted by Gasteiger charge is 2.14. The van der Waals surface area contributed by atoms with Gasteiger partial charge in [0.15, 0.2) is 0 Å². The van der Waals surface area contributed by atoms with E-state index < -0.39 is 0 Å². The van der Waals surface area contributed by atoms with Crippen LogP contribution in [-0.4, -0.2) is 49.9 Å². The Balaban J connectivity index is 2.10. The van der Waals surface area contributed by atoms with Crippen molar-refractivity contribution in [3.05, 3.63) is 18.7 Å². The monoisotopic (exact) mass is 253 g/mol. The summed E-state index contributed by atoms with van der Waals surface area (Å²) in [5, 5.41) is 0. The fourth-order valence-electron chi connectivity index (χ4n) is 1.53. The van der Waals surface area contributed by atoms with Crippen LogP contribution in [-0.2, 0) is 0 Å². The highest BCUT2D eigenvalue weighted by atomic mass is 32.1. The summed E-state index contributed by atoms with van der Waals surface area (Å²) in [6.45, 7) is 2.85. The molecule has 0 bridgehead atoms. The number of likely N-dealkylation sites (N-methyl/N-ethyl adjacent to an activating group) is 1. The van der Waals surface area contributed by atoms with Crippen molar-refractivity contribution in [1.29, 1.82) is 0 Å². The Morgan fingerprint density at radius 2 is 2.29 bits per heavy atom. The average molecular weight is 253 g/mol. The second kappa shape index (κ2) is 5.24. The van der Waals surface area contributed by atoms with E-state index in [1.807, 2.05) is 27.2 Å². The molecule has 0 fully saturated rings. The van der Waals surface area contributed by atoms with Crippen LogP contribution >= 0.6 is 11.7 Å². The van der Waals surface area contributed by atoms with E-state index in [2.05, 4.69) is 18.6 Å². The lowest BCUT2D eigenvalue weighted by molar-refractivity contribution is 0.171. The standard InChI is InChI=1S/C10H15N5OS/c1-8(6-14(2)3)16-10-9(12-17-13-10)15-5-4-11-7-15/h4-5,7-8H,6H2,1-3H3. The van der Waals surface area contributed by atoms with Crippen molar-refractivity contribution in [2.75, 3.05) is 20.6 Å². The fourth-order valence-corrected chi connectivity index (χ4v) is 2.02. The lowest BCUT2D eigenvalue weighted by Gasteiger charge is -2.17. The van der Waals surface area contributed by atoms with Gasteiger partial charge in [-0.1, -0.05) is 0 Å². The Labute approximate surface area is 104 Å². The molecule has 0 radical (unpaired) electrons. The topological polar surface area (TPSA) is 56.1 Å². The fraction of sp³-hybridized carbons (Fsp3) is 0.500. The molecule has 0 spiro atoms. The molecule has 0 aromatic carbocycles. The summed E-state index contributed by atoms with van der Waals surface area (Å²) in [4.78, 5) is 6.05. The van der Waals surface area contributed by atoms with Crippen LogP contribution in [0.1, 0.15) is 6.92 Å². The minimum atomic E-state index is 0.0659. The molecule has 7 heteroatoms. The van der Waals surface area contributed by atoms with E-state index in [9.17, 15) is 0 Å². The Morgan fingerprint density at radius 3 is 2.94 bits per heavy atom. The van der Waals surface area contributed by atoms with Gasteiger partial charge >= 0.3 is 0 Å². The first-order valence-electron chi connectivity index (χ1n) is 5.29. The number of hydrogen-bond donors (Lipinski definition) is 0. The molecule has 0 saturated heterocycles. The van der Waals surface area contributed by atoms with Crippen molar-refractivity contribution in [2.45, 2.75) is 13.0 Å². The predicted octanol–water partition coefficient (Wildman–Crippen LogP) is 1.05.